The number of ether oxygens (including phenoxy) is 1. The first-order chi connectivity index (χ1) is 13.5. The lowest BCUT2D eigenvalue weighted by Crippen LogP contribution is -2.59. The highest BCUT2D eigenvalue weighted by Gasteiger charge is 2.70. The number of ketones is 2. The van der Waals surface area contributed by atoms with E-state index in [9.17, 15) is 14.4 Å². The first-order valence-electron chi connectivity index (χ1n) is 10.8. The molecule has 4 aliphatic rings. The van der Waals surface area contributed by atoms with Gasteiger partial charge in [0.25, 0.3) is 0 Å². The molecule has 0 amide bonds. The molecular weight excluding hydrogens is 388 g/mol. The maximum absolute atomic E-state index is 13.0. The highest BCUT2D eigenvalue weighted by molar-refractivity contribution is 6.32. The monoisotopic (exact) mass is 418 g/mol. The van der Waals surface area contributed by atoms with Gasteiger partial charge in [-0.25, -0.2) is 0 Å². The van der Waals surface area contributed by atoms with Gasteiger partial charge in [-0.1, -0.05) is 38.4 Å². The van der Waals surface area contributed by atoms with Crippen molar-refractivity contribution in [1.82, 2.24) is 0 Å². The van der Waals surface area contributed by atoms with Crippen LogP contribution in [0.15, 0.2) is 22.8 Å². The van der Waals surface area contributed by atoms with Gasteiger partial charge in [0.2, 0.25) is 0 Å². The molecule has 4 aliphatic carbocycles. The fourth-order valence-corrected chi connectivity index (χ4v) is 8.08. The molecule has 0 aliphatic heterocycles. The van der Waals surface area contributed by atoms with E-state index in [4.69, 9.17) is 16.3 Å². The van der Waals surface area contributed by atoms with Crippen molar-refractivity contribution < 1.29 is 19.1 Å². The van der Waals surface area contributed by atoms with Crippen LogP contribution >= 0.6 is 11.6 Å². The molecule has 4 rings (SSSR count). The molecule has 29 heavy (non-hydrogen) atoms. The minimum absolute atomic E-state index is 0.0393. The van der Waals surface area contributed by atoms with E-state index in [0.29, 0.717) is 17.4 Å². The fraction of sp³-hybridized carbons (Fsp3) is 0.708. The summed E-state index contributed by atoms with van der Waals surface area (Å²) in [6.45, 7) is 9.40. The first-order valence-corrected chi connectivity index (χ1v) is 11.2. The molecule has 158 valence electrons. The minimum atomic E-state index is -1.08. The first kappa shape index (κ1) is 20.8. The molecule has 0 aromatic carbocycles. The molecule has 0 bridgehead atoms. The fourth-order valence-electron chi connectivity index (χ4n) is 7.67. The Balaban J connectivity index is 1.83. The van der Waals surface area contributed by atoms with E-state index < -0.39 is 17.0 Å². The van der Waals surface area contributed by atoms with Crippen molar-refractivity contribution in [3.63, 3.8) is 0 Å². The molecular formula is C24H31ClO4. The maximum atomic E-state index is 13.0. The summed E-state index contributed by atoms with van der Waals surface area (Å²) in [6.07, 6.45) is 7.88. The summed E-state index contributed by atoms with van der Waals surface area (Å²) in [5.74, 6) is 0.487. The molecule has 0 aromatic rings. The lowest BCUT2D eigenvalue weighted by atomic mass is 9.48. The number of Topliss-reactive ketones (excluding diaryl/α,β-unsaturated/α-hetero) is 1. The number of rotatable bonds is 2. The van der Waals surface area contributed by atoms with Crippen LogP contribution in [0.5, 0.6) is 0 Å². The predicted octanol–water partition coefficient (Wildman–Crippen LogP) is 5.00. The van der Waals surface area contributed by atoms with Crippen LogP contribution in [-0.4, -0.2) is 23.1 Å². The molecule has 0 aromatic heterocycles. The highest BCUT2D eigenvalue weighted by Crippen LogP contribution is 2.69. The van der Waals surface area contributed by atoms with E-state index >= 15 is 0 Å². The van der Waals surface area contributed by atoms with Crippen molar-refractivity contribution in [3.05, 3.63) is 22.8 Å². The summed E-state index contributed by atoms with van der Waals surface area (Å²) in [7, 11) is 0. The van der Waals surface area contributed by atoms with Crippen molar-refractivity contribution in [2.45, 2.75) is 72.3 Å². The second-order valence-corrected chi connectivity index (χ2v) is 10.6. The normalized spacial score (nSPS) is 46.1. The zero-order valence-electron chi connectivity index (χ0n) is 18.0. The van der Waals surface area contributed by atoms with Crippen molar-refractivity contribution in [1.29, 1.82) is 0 Å². The molecule has 5 heteroatoms. The third kappa shape index (κ3) is 2.60. The third-order valence-corrected chi connectivity index (χ3v) is 9.26. The van der Waals surface area contributed by atoms with Crippen LogP contribution in [0.4, 0.5) is 0 Å². The van der Waals surface area contributed by atoms with E-state index in [2.05, 4.69) is 19.9 Å². The number of carbonyl (C=O) groups is 3. The smallest absolute Gasteiger partial charge is 0.303 e. The molecule has 0 heterocycles. The van der Waals surface area contributed by atoms with Crippen molar-refractivity contribution in [2.24, 2.45) is 34.5 Å². The Labute approximate surface area is 178 Å². The number of esters is 1. The zero-order valence-corrected chi connectivity index (χ0v) is 18.8. The average Bonchev–Trinajstić information content (AvgIpc) is 2.85. The van der Waals surface area contributed by atoms with Crippen LogP contribution in [-0.2, 0) is 19.1 Å². The summed E-state index contributed by atoms with van der Waals surface area (Å²) in [5.41, 5.74) is -0.614. The van der Waals surface area contributed by atoms with Crippen molar-refractivity contribution in [2.75, 3.05) is 0 Å². The Morgan fingerprint density at radius 2 is 1.86 bits per heavy atom. The number of halogens is 1. The van der Waals surface area contributed by atoms with E-state index in [1.165, 1.54) is 6.92 Å². The molecule has 4 nitrogen and oxygen atoms in total. The van der Waals surface area contributed by atoms with Gasteiger partial charge in [0, 0.05) is 29.7 Å². The standard InChI is InChI=1S/C24H31ClO4/c1-13-10-19-17-12-21(25)20-11-16(28)6-8-22(20,4)18(17)7-9-23(19,5)24(13,14(2)26)29-15(3)27/h11-13,17-19H,6-10H2,1-5H3/t13?,17-,18+,19+,22-,23+,24+/m1/s1. The van der Waals surface area contributed by atoms with Crippen LogP contribution in [0.25, 0.3) is 0 Å². The molecule has 2 saturated carbocycles. The van der Waals surface area contributed by atoms with Gasteiger partial charge in [-0.2, -0.15) is 0 Å². The van der Waals surface area contributed by atoms with E-state index in [-0.39, 0.29) is 34.7 Å². The number of hydrogen-bond donors (Lipinski definition) is 0. The molecule has 1 unspecified atom stereocenters. The Bertz CT molecular complexity index is 857. The number of allylic oxidation sites excluding steroid dienone is 4. The van der Waals surface area contributed by atoms with Gasteiger partial charge in [-0.15, -0.1) is 0 Å². The van der Waals surface area contributed by atoms with E-state index in [1.54, 1.807) is 13.0 Å². The summed E-state index contributed by atoms with van der Waals surface area (Å²) in [4.78, 5) is 37.0. The van der Waals surface area contributed by atoms with Gasteiger partial charge in [0.15, 0.2) is 17.2 Å². The largest absolute Gasteiger partial charge is 0.450 e. The number of fused-ring (bicyclic) bond motifs is 5. The molecule has 0 N–H and O–H groups in total. The number of carbonyl (C=O) groups excluding carboxylic acids is 3. The molecule has 7 atom stereocenters. The van der Waals surface area contributed by atoms with Crippen LogP contribution in [0.1, 0.15) is 66.7 Å². The van der Waals surface area contributed by atoms with Crippen LogP contribution < -0.4 is 0 Å². The minimum Gasteiger partial charge on any atom is -0.450 e. The van der Waals surface area contributed by atoms with Crippen molar-refractivity contribution in [3.8, 4) is 0 Å². The van der Waals surface area contributed by atoms with Gasteiger partial charge < -0.3 is 4.74 Å². The average molecular weight is 419 g/mol. The zero-order chi connectivity index (χ0) is 21.4. The van der Waals surface area contributed by atoms with Crippen LogP contribution in [0, 0.1) is 34.5 Å². The molecule has 0 radical (unpaired) electrons. The van der Waals surface area contributed by atoms with Gasteiger partial charge in [-0.05, 0) is 67.4 Å². The summed E-state index contributed by atoms with van der Waals surface area (Å²) >= 11 is 6.74. The summed E-state index contributed by atoms with van der Waals surface area (Å²) in [6, 6.07) is 0. The second-order valence-electron chi connectivity index (χ2n) is 10.2. The van der Waals surface area contributed by atoms with Gasteiger partial charge >= 0.3 is 5.97 Å². The van der Waals surface area contributed by atoms with Crippen molar-refractivity contribution >= 4 is 29.1 Å². The molecule has 0 saturated heterocycles. The lowest BCUT2D eigenvalue weighted by molar-refractivity contribution is -0.190. The summed E-state index contributed by atoms with van der Waals surface area (Å²) < 4.78 is 5.90. The van der Waals surface area contributed by atoms with Gasteiger partial charge in [0.1, 0.15) is 0 Å². The SMILES string of the molecule is CC(=O)O[C@]1(C(C)=O)C(C)C[C@H]2[C@@H]3C=C(Cl)C4=CC(=O)CC[C@]4(C)[C@H]3CC[C@@]21C. The Morgan fingerprint density at radius 3 is 2.48 bits per heavy atom. The third-order valence-electron chi connectivity index (χ3n) is 8.93. The second kappa shape index (κ2) is 6.54. The molecule has 2 fully saturated rings. The quantitative estimate of drug-likeness (QED) is 0.592. The molecule has 0 spiro atoms. The van der Waals surface area contributed by atoms with Gasteiger partial charge in [0.05, 0.1) is 0 Å². The topological polar surface area (TPSA) is 60.4 Å². The Kier molecular flexibility index (Phi) is 4.70. The van der Waals surface area contributed by atoms with Crippen LogP contribution in [0.2, 0.25) is 0 Å². The highest BCUT2D eigenvalue weighted by atomic mass is 35.5. The number of hydrogen-bond acceptors (Lipinski definition) is 4. The summed E-state index contributed by atoms with van der Waals surface area (Å²) in [5, 5.41) is 0.687. The Morgan fingerprint density at radius 1 is 1.17 bits per heavy atom. The lowest BCUT2D eigenvalue weighted by Gasteiger charge is -2.57. The predicted molar refractivity (Wildman–Crippen MR) is 111 cm³/mol. The Hall–Kier alpha value is -1.42. The maximum Gasteiger partial charge on any atom is 0.303 e. The van der Waals surface area contributed by atoms with E-state index in [0.717, 1.165) is 31.3 Å². The van der Waals surface area contributed by atoms with Gasteiger partial charge in [-0.3, -0.25) is 14.4 Å². The van der Waals surface area contributed by atoms with E-state index in [1.807, 2.05) is 6.92 Å². The van der Waals surface area contributed by atoms with Crippen LogP contribution in [0.3, 0.4) is 0 Å².